The summed E-state index contributed by atoms with van der Waals surface area (Å²) in [6.45, 7) is 1.94. The molecular formula is C16H24O4. The van der Waals surface area contributed by atoms with Crippen molar-refractivity contribution >= 4 is 11.8 Å². The lowest BCUT2D eigenvalue weighted by Crippen LogP contribution is -1.97. The first-order valence-electron chi connectivity index (χ1n) is 6.85. The number of allylic oxidation sites excluding steroid dienone is 5. The van der Waals surface area contributed by atoms with Crippen LogP contribution in [0, 0.1) is 0 Å². The standard InChI is InChI=1S/C16H24O4/c1-14(20-2)10-6-3-4-7-11-15(17)12-8-5-9-13-16(18)19/h3-4,6-7,10-11,14H,5,8-9,12-13H2,1-2H3,(H,18,19). The maximum absolute atomic E-state index is 11.5. The van der Waals surface area contributed by atoms with E-state index in [1.165, 1.54) is 0 Å². The summed E-state index contributed by atoms with van der Waals surface area (Å²) < 4.78 is 5.04. The van der Waals surface area contributed by atoms with Crippen LogP contribution in [0.2, 0.25) is 0 Å². The van der Waals surface area contributed by atoms with Crippen LogP contribution in [0.1, 0.15) is 39.0 Å². The number of carboxylic acids is 1. The Balaban J connectivity index is 3.70. The summed E-state index contributed by atoms with van der Waals surface area (Å²) >= 11 is 0. The summed E-state index contributed by atoms with van der Waals surface area (Å²) in [7, 11) is 1.65. The van der Waals surface area contributed by atoms with Crippen LogP contribution >= 0.6 is 0 Å². The third kappa shape index (κ3) is 12.8. The van der Waals surface area contributed by atoms with Gasteiger partial charge in [-0.05, 0) is 25.8 Å². The summed E-state index contributed by atoms with van der Waals surface area (Å²) in [4.78, 5) is 21.7. The molecule has 0 amide bonds. The predicted octanol–water partition coefficient (Wildman–Crippen LogP) is 3.29. The van der Waals surface area contributed by atoms with E-state index in [9.17, 15) is 9.59 Å². The molecule has 0 heterocycles. The summed E-state index contributed by atoms with van der Waals surface area (Å²) in [5.41, 5.74) is 0. The minimum absolute atomic E-state index is 0.0687. The Hall–Kier alpha value is -1.68. The second kappa shape index (κ2) is 12.4. The number of aliphatic carboxylic acids is 1. The van der Waals surface area contributed by atoms with Crippen molar-refractivity contribution in [2.24, 2.45) is 0 Å². The van der Waals surface area contributed by atoms with Gasteiger partial charge in [0.1, 0.15) is 0 Å². The summed E-state index contributed by atoms with van der Waals surface area (Å²) in [5, 5.41) is 8.46. The van der Waals surface area contributed by atoms with E-state index < -0.39 is 5.97 Å². The first-order valence-corrected chi connectivity index (χ1v) is 6.85. The number of hydrogen-bond donors (Lipinski definition) is 1. The van der Waals surface area contributed by atoms with Gasteiger partial charge in [-0.2, -0.15) is 0 Å². The molecule has 0 aliphatic carbocycles. The third-order valence-corrected chi connectivity index (χ3v) is 2.68. The number of ketones is 1. The number of carbonyl (C=O) groups is 2. The molecule has 0 saturated heterocycles. The number of ether oxygens (including phenoxy) is 1. The zero-order chi connectivity index (χ0) is 15.2. The van der Waals surface area contributed by atoms with Gasteiger partial charge in [-0.25, -0.2) is 0 Å². The van der Waals surface area contributed by atoms with Gasteiger partial charge in [0, 0.05) is 20.0 Å². The van der Waals surface area contributed by atoms with Crippen LogP contribution in [0.15, 0.2) is 36.5 Å². The molecule has 0 rings (SSSR count). The van der Waals surface area contributed by atoms with E-state index in [0.717, 1.165) is 12.8 Å². The first kappa shape index (κ1) is 18.3. The SMILES string of the molecule is COC(C)C=CC=CC=CC(=O)CCCCCC(=O)O. The molecule has 0 fully saturated rings. The molecule has 0 aliphatic heterocycles. The Labute approximate surface area is 120 Å². The number of carboxylic acid groups (broad SMARTS) is 1. The fourth-order valence-corrected chi connectivity index (χ4v) is 1.43. The van der Waals surface area contributed by atoms with Crippen molar-refractivity contribution in [1.29, 1.82) is 0 Å². The zero-order valence-electron chi connectivity index (χ0n) is 12.2. The fraction of sp³-hybridized carbons (Fsp3) is 0.500. The lowest BCUT2D eigenvalue weighted by Gasteiger charge is -1.99. The molecule has 0 aromatic rings. The Kier molecular flexibility index (Phi) is 11.3. The van der Waals surface area contributed by atoms with Crippen LogP contribution in [-0.4, -0.2) is 30.1 Å². The van der Waals surface area contributed by atoms with Gasteiger partial charge < -0.3 is 9.84 Å². The van der Waals surface area contributed by atoms with Crippen molar-refractivity contribution in [1.82, 2.24) is 0 Å². The molecule has 1 atom stereocenters. The van der Waals surface area contributed by atoms with E-state index in [1.807, 2.05) is 25.2 Å². The molecule has 0 aliphatic rings. The second-order valence-corrected chi connectivity index (χ2v) is 4.49. The molecule has 0 saturated carbocycles. The van der Waals surface area contributed by atoms with Gasteiger partial charge in [-0.15, -0.1) is 0 Å². The smallest absolute Gasteiger partial charge is 0.303 e. The van der Waals surface area contributed by atoms with Gasteiger partial charge in [0.2, 0.25) is 0 Å². The molecule has 0 radical (unpaired) electrons. The molecule has 0 bridgehead atoms. The molecule has 4 nitrogen and oxygen atoms in total. The highest BCUT2D eigenvalue weighted by Gasteiger charge is 1.99. The first-order chi connectivity index (χ1) is 9.56. The maximum atomic E-state index is 11.5. The predicted molar refractivity (Wildman–Crippen MR) is 79.6 cm³/mol. The molecule has 1 N–H and O–H groups in total. The van der Waals surface area contributed by atoms with Crippen LogP contribution in [0.3, 0.4) is 0 Å². The minimum atomic E-state index is -0.780. The number of hydrogen-bond acceptors (Lipinski definition) is 3. The van der Waals surface area contributed by atoms with Gasteiger partial charge in [-0.3, -0.25) is 9.59 Å². The van der Waals surface area contributed by atoms with E-state index in [2.05, 4.69) is 0 Å². The quantitative estimate of drug-likeness (QED) is 0.358. The molecule has 0 aromatic carbocycles. The van der Waals surface area contributed by atoms with Gasteiger partial charge in [-0.1, -0.05) is 36.8 Å². The van der Waals surface area contributed by atoms with Crippen LogP contribution in [0.25, 0.3) is 0 Å². The minimum Gasteiger partial charge on any atom is -0.481 e. The normalized spacial score (nSPS) is 13.5. The highest BCUT2D eigenvalue weighted by molar-refractivity contribution is 5.89. The summed E-state index contributed by atoms with van der Waals surface area (Å²) in [6.07, 6.45) is 13.6. The van der Waals surface area contributed by atoms with Gasteiger partial charge >= 0.3 is 5.97 Å². The Morgan fingerprint density at radius 1 is 1.05 bits per heavy atom. The Bertz CT molecular complexity index is 367. The fourth-order valence-electron chi connectivity index (χ4n) is 1.43. The average Bonchev–Trinajstić information content (AvgIpc) is 2.41. The van der Waals surface area contributed by atoms with Crippen molar-refractivity contribution in [3.8, 4) is 0 Å². The number of unbranched alkanes of at least 4 members (excludes halogenated alkanes) is 2. The molecule has 112 valence electrons. The molecule has 1 unspecified atom stereocenters. The highest BCUT2D eigenvalue weighted by Crippen LogP contribution is 2.04. The van der Waals surface area contributed by atoms with Crippen LogP contribution in [-0.2, 0) is 14.3 Å². The van der Waals surface area contributed by atoms with E-state index in [0.29, 0.717) is 12.8 Å². The van der Waals surface area contributed by atoms with E-state index >= 15 is 0 Å². The Morgan fingerprint density at radius 3 is 2.35 bits per heavy atom. The van der Waals surface area contributed by atoms with Crippen molar-refractivity contribution in [3.63, 3.8) is 0 Å². The van der Waals surface area contributed by atoms with Crippen LogP contribution in [0.4, 0.5) is 0 Å². The largest absolute Gasteiger partial charge is 0.481 e. The molecule has 4 heteroatoms. The molecule has 0 spiro atoms. The van der Waals surface area contributed by atoms with Crippen LogP contribution < -0.4 is 0 Å². The van der Waals surface area contributed by atoms with Gasteiger partial charge in [0.15, 0.2) is 5.78 Å². The molecule has 0 aromatic heterocycles. The van der Waals surface area contributed by atoms with Crippen LogP contribution in [0.5, 0.6) is 0 Å². The third-order valence-electron chi connectivity index (χ3n) is 2.68. The second-order valence-electron chi connectivity index (χ2n) is 4.49. The zero-order valence-corrected chi connectivity index (χ0v) is 12.2. The van der Waals surface area contributed by atoms with E-state index in [-0.39, 0.29) is 18.3 Å². The average molecular weight is 280 g/mol. The lowest BCUT2D eigenvalue weighted by atomic mass is 10.1. The molecular weight excluding hydrogens is 256 g/mol. The number of rotatable bonds is 11. The summed E-state index contributed by atoms with van der Waals surface area (Å²) in [5.74, 6) is -0.712. The summed E-state index contributed by atoms with van der Waals surface area (Å²) in [6, 6.07) is 0. The topological polar surface area (TPSA) is 63.6 Å². The van der Waals surface area contributed by atoms with Crippen molar-refractivity contribution in [2.75, 3.05) is 7.11 Å². The number of carbonyl (C=O) groups excluding carboxylic acids is 1. The maximum Gasteiger partial charge on any atom is 0.303 e. The van der Waals surface area contributed by atoms with Gasteiger partial charge in [0.05, 0.1) is 6.10 Å². The molecule has 20 heavy (non-hydrogen) atoms. The van der Waals surface area contributed by atoms with E-state index in [4.69, 9.17) is 9.84 Å². The Morgan fingerprint density at radius 2 is 1.70 bits per heavy atom. The lowest BCUT2D eigenvalue weighted by molar-refractivity contribution is -0.137. The monoisotopic (exact) mass is 280 g/mol. The van der Waals surface area contributed by atoms with Crippen molar-refractivity contribution in [2.45, 2.75) is 45.1 Å². The van der Waals surface area contributed by atoms with Gasteiger partial charge in [0.25, 0.3) is 0 Å². The van der Waals surface area contributed by atoms with Crippen molar-refractivity contribution in [3.05, 3.63) is 36.5 Å². The van der Waals surface area contributed by atoms with Crippen molar-refractivity contribution < 1.29 is 19.4 Å². The number of methoxy groups -OCH3 is 1. The van der Waals surface area contributed by atoms with E-state index in [1.54, 1.807) is 25.3 Å². The highest BCUT2D eigenvalue weighted by atomic mass is 16.5.